The Bertz CT molecular complexity index is 1790. The number of methoxy groups -OCH3 is 1. The van der Waals surface area contributed by atoms with Gasteiger partial charge in [0.2, 0.25) is 11.8 Å². The first-order valence-corrected chi connectivity index (χ1v) is 19.8. The van der Waals surface area contributed by atoms with E-state index in [-0.39, 0.29) is 42.6 Å². The van der Waals surface area contributed by atoms with Gasteiger partial charge in [0.25, 0.3) is 0 Å². The van der Waals surface area contributed by atoms with Crippen LogP contribution >= 0.6 is 0 Å². The average molecular weight is 786 g/mol. The van der Waals surface area contributed by atoms with E-state index in [9.17, 15) is 29.1 Å². The zero-order valence-electron chi connectivity index (χ0n) is 35.7. The Labute approximate surface area is 339 Å². The molecule has 0 aromatic heterocycles. The van der Waals surface area contributed by atoms with Crippen molar-refractivity contribution in [1.29, 1.82) is 0 Å². The summed E-state index contributed by atoms with van der Waals surface area (Å²) in [5, 5.41) is 9.95. The average Bonchev–Trinajstić information content (AvgIpc) is 3.19. The van der Waals surface area contributed by atoms with Crippen LogP contribution in [0.5, 0.6) is 5.75 Å². The summed E-state index contributed by atoms with van der Waals surface area (Å²) in [5.41, 5.74) is 4.63. The molecule has 3 aromatic rings. The normalized spacial score (nSPS) is 14.5. The van der Waals surface area contributed by atoms with Crippen LogP contribution in [0.4, 0.5) is 0 Å². The molecule has 3 aromatic carbocycles. The number of carbonyl (C=O) groups excluding carboxylic acids is 5. The second-order valence-corrected chi connectivity index (χ2v) is 15.9. The van der Waals surface area contributed by atoms with Crippen molar-refractivity contribution in [2.45, 2.75) is 97.9 Å². The Morgan fingerprint density at radius 2 is 1.07 bits per heavy atom. The molecule has 0 aliphatic rings. The number of hydrogen-bond donors (Lipinski definition) is 1. The maximum absolute atomic E-state index is 14.6. The van der Waals surface area contributed by atoms with Crippen molar-refractivity contribution in [1.82, 2.24) is 14.7 Å². The molecular weight excluding hydrogens is 723 g/mol. The topological polar surface area (TPSA) is 134 Å². The molecule has 0 spiro atoms. The Morgan fingerprint density at radius 3 is 1.51 bits per heavy atom. The zero-order chi connectivity index (χ0) is 42.6. The minimum Gasteiger partial charge on any atom is -0.508 e. The van der Waals surface area contributed by atoms with Crippen molar-refractivity contribution in [3.63, 3.8) is 0 Å². The van der Waals surface area contributed by atoms with E-state index in [2.05, 4.69) is 0 Å². The fourth-order valence-electron chi connectivity index (χ4n) is 6.79. The molecule has 0 aliphatic heterocycles. The monoisotopic (exact) mass is 785 g/mol. The number of nitrogens with zero attached hydrogens (tertiary/aromatic N) is 3. The number of esters is 2. The fourth-order valence-corrected chi connectivity index (χ4v) is 6.79. The molecular formula is C46H63N3O8. The summed E-state index contributed by atoms with van der Waals surface area (Å²) in [7, 11) is 7.92. The van der Waals surface area contributed by atoms with Crippen molar-refractivity contribution in [2.24, 2.45) is 17.8 Å². The van der Waals surface area contributed by atoms with Gasteiger partial charge in [-0.1, -0.05) is 99.5 Å². The number of Topliss-reactive ketones (excluding diaryl/α,β-unsaturated/α-hetero) is 1. The van der Waals surface area contributed by atoms with Crippen molar-refractivity contribution in [2.75, 3.05) is 35.3 Å². The van der Waals surface area contributed by atoms with E-state index >= 15 is 0 Å². The van der Waals surface area contributed by atoms with Gasteiger partial charge in [-0.2, -0.15) is 0 Å². The van der Waals surface area contributed by atoms with Gasteiger partial charge in [0.1, 0.15) is 23.9 Å². The third-order valence-electron chi connectivity index (χ3n) is 11.0. The number of phenols is 1. The number of benzene rings is 3. The molecule has 0 fully saturated rings. The first-order valence-electron chi connectivity index (χ1n) is 19.8. The number of amides is 2. The van der Waals surface area contributed by atoms with Crippen LogP contribution in [0, 0.1) is 31.6 Å². The number of ketones is 1. The molecule has 310 valence electrons. The first kappa shape index (κ1) is 46.4. The standard InChI is InChI=1S/C46H63N3O8/c1-12-32(6)42(57-46(55)39(47(7)8)26-33-17-13-30(4)14-18-33)41(51)28-37(29(2)3)43(52)48(9)38(25-35-21-23-36(50)24-22-35)44(53)49(10)40(45(54)56-11)27-34-19-15-31(5)16-20-34/h13-24,29,32,37-40,42,50H,12,25-28H2,1-11H3/t32-,37-,38+,39+,40-,42+/m1/s1. The van der Waals surface area contributed by atoms with Gasteiger partial charge in [-0.05, 0) is 75.5 Å². The number of carbonyl (C=O) groups is 5. The van der Waals surface area contributed by atoms with E-state index in [1.807, 2.05) is 90.1 Å². The molecule has 0 aliphatic carbocycles. The molecule has 11 nitrogen and oxygen atoms in total. The molecule has 0 saturated heterocycles. The number of aryl methyl sites for hydroxylation is 2. The molecule has 11 heteroatoms. The van der Waals surface area contributed by atoms with Crippen LogP contribution in [-0.2, 0) is 52.7 Å². The van der Waals surface area contributed by atoms with Gasteiger partial charge in [-0.25, -0.2) is 4.79 Å². The maximum atomic E-state index is 14.6. The van der Waals surface area contributed by atoms with Crippen LogP contribution < -0.4 is 0 Å². The Balaban J connectivity index is 1.93. The van der Waals surface area contributed by atoms with E-state index in [0.717, 1.165) is 22.3 Å². The van der Waals surface area contributed by atoms with Gasteiger partial charge in [-0.3, -0.25) is 24.1 Å². The van der Waals surface area contributed by atoms with Crippen LogP contribution in [0.25, 0.3) is 0 Å². The molecule has 0 radical (unpaired) electrons. The number of rotatable bonds is 20. The largest absolute Gasteiger partial charge is 0.508 e. The third-order valence-corrected chi connectivity index (χ3v) is 11.0. The van der Waals surface area contributed by atoms with Crippen molar-refractivity contribution < 1.29 is 38.6 Å². The van der Waals surface area contributed by atoms with Crippen molar-refractivity contribution in [3.8, 4) is 5.75 Å². The highest BCUT2D eigenvalue weighted by Gasteiger charge is 2.40. The van der Waals surface area contributed by atoms with Crippen molar-refractivity contribution in [3.05, 3.63) is 101 Å². The smallest absolute Gasteiger partial charge is 0.328 e. The lowest BCUT2D eigenvalue weighted by Crippen LogP contribution is -2.55. The number of phenolic OH excluding ortho intramolecular Hbond substituents is 1. The number of ether oxygens (including phenoxy) is 2. The van der Waals surface area contributed by atoms with E-state index in [4.69, 9.17) is 9.47 Å². The third kappa shape index (κ3) is 13.0. The summed E-state index contributed by atoms with van der Waals surface area (Å²) >= 11 is 0. The van der Waals surface area contributed by atoms with E-state index in [1.54, 1.807) is 31.1 Å². The number of aromatic hydroxyl groups is 1. The molecule has 57 heavy (non-hydrogen) atoms. The molecule has 0 heterocycles. The van der Waals surface area contributed by atoms with Crippen LogP contribution in [0.2, 0.25) is 0 Å². The summed E-state index contributed by atoms with van der Waals surface area (Å²) in [6, 6.07) is 19.2. The second-order valence-electron chi connectivity index (χ2n) is 15.9. The summed E-state index contributed by atoms with van der Waals surface area (Å²) in [6.07, 6.45) is -0.0562. The van der Waals surface area contributed by atoms with Crippen LogP contribution in [0.15, 0.2) is 72.8 Å². The highest BCUT2D eigenvalue weighted by molar-refractivity contribution is 5.94. The van der Waals surface area contributed by atoms with Gasteiger partial charge in [-0.15, -0.1) is 0 Å². The minimum absolute atomic E-state index is 0.0500. The SMILES string of the molecule is CC[C@@H](C)[C@H](OC(=O)[C@H](Cc1ccc(C)cc1)N(C)C)C(=O)C[C@@H](C(=O)N(C)[C@@H](Cc1ccc(O)cc1)C(=O)N(C)[C@H](Cc1ccc(C)cc1)C(=O)OC)C(C)C. The van der Waals surface area contributed by atoms with Crippen LogP contribution in [0.3, 0.4) is 0 Å². The molecule has 0 unspecified atom stereocenters. The highest BCUT2D eigenvalue weighted by Crippen LogP contribution is 2.26. The van der Waals surface area contributed by atoms with Gasteiger partial charge in [0, 0.05) is 45.2 Å². The Morgan fingerprint density at radius 1 is 0.632 bits per heavy atom. The quantitative estimate of drug-likeness (QED) is 0.137. The number of hydrogen-bond acceptors (Lipinski definition) is 9. The summed E-state index contributed by atoms with van der Waals surface area (Å²) in [5.74, 6) is -3.85. The lowest BCUT2D eigenvalue weighted by atomic mass is 9.85. The predicted molar refractivity (Wildman–Crippen MR) is 221 cm³/mol. The summed E-state index contributed by atoms with van der Waals surface area (Å²) < 4.78 is 11.2. The maximum Gasteiger partial charge on any atom is 0.328 e. The predicted octanol–water partition coefficient (Wildman–Crippen LogP) is 5.98. The van der Waals surface area contributed by atoms with Gasteiger partial charge >= 0.3 is 11.9 Å². The second kappa shape index (κ2) is 21.5. The molecule has 0 saturated carbocycles. The molecule has 6 atom stereocenters. The Hall–Kier alpha value is -5.03. The van der Waals surface area contributed by atoms with Crippen LogP contribution in [0.1, 0.15) is 68.4 Å². The molecule has 1 N–H and O–H groups in total. The minimum atomic E-state index is -1.08. The van der Waals surface area contributed by atoms with E-state index < -0.39 is 53.9 Å². The molecule has 3 rings (SSSR count). The van der Waals surface area contributed by atoms with Crippen LogP contribution in [-0.4, -0.2) is 109 Å². The van der Waals surface area contributed by atoms with Gasteiger partial charge in [0.15, 0.2) is 11.9 Å². The fraction of sp³-hybridized carbons (Fsp3) is 0.500. The summed E-state index contributed by atoms with van der Waals surface area (Å²) in [4.78, 5) is 74.7. The first-order chi connectivity index (χ1) is 26.9. The van der Waals surface area contributed by atoms with E-state index in [1.165, 1.54) is 43.1 Å². The lowest BCUT2D eigenvalue weighted by molar-refractivity contribution is -0.163. The summed E-state index contributed by atoms with van der Waals surface area (Å²) in [6.45, 7) is 11.4. The Kier molecular flexibility index (Phi) is 17.5. The lowest BCUT2D eigenvalue weighted by Gasteiger charge is -2.36. The molecule has 2 amide bonds. The highest BCUT2D eigenvalue weighted by atomic mass is 16.5. The van der Waals surface area contributed by atoms with Crippen molar-refractivity contribution >= 4 is 29.5 Å². The van der Waals surface area contributed by atoms with Gasteiger partial charge in [0.05, 0.1) is 7.11 Å². The zero-order valence-corrected chi connectivity index (χ0v) is 35.7. The molecule has 0 bridgehead atoms. The van der Waals surface area contributed by atoms with E-state index in [0.29, 0.717) is 18.4 Å². The van der Waals surface area contributed by atoms with Gasteiger partial charge < -0.3 is 24.4 Å². The number of likely N-dealkylation sites (N-methyl/N-ethyl adjacent to an activating group) is 3.